The van der Waals surface area contributed by atoms with Gasteiger partial charge in [-0.2, -0.15) is 5.10 Å². The first-order valence-electron chi connectivity index (χ1n) is 9.03. The molecule has 136 valence electrons. The van der Waals surface area contributed by atoms with E-state index in [4.69, 9.17) is 4.74 Å². The molecule has 1 aromatic carbocycles. The quantitative estimate of drug-likeness (QED) is 0.833. The molecule has 0 aliphatic carbocycles. The number of aliphatic hydroxyl groups excluding tert-OH is 1. The van der Waals surface area contributed by atoms with Crippen molar-refractivity contribution in [3.8, 4) is 5.75 Å². The average Bonchev–Trinajstić information content (AvgIpc) is 3.07. The first kappa shape index (κ1) is 17.9. The monoisotopic (exact) mass is 344 g/mol. The zero-order valence-electron chi connectivity index (χ0n) is 15.1. The van der Waals surface area contributed by atoms with Gasteiger partial charge in [0.1, 0.15) is 31.1 Å². The lowest BCUT2D eigenvalue weighted by atomic mass is 9.98. The summed E-state index contributed by atoms with van der Waals surface area (Å²) in [6.45, 7) is 8.00. The largest absolute Gasteiger partial charge is 0.491 e. The average molecular weight is 344 g/mol. The number of nitrogens with zero attached hydrogens (tertiary/aromatic N) is 4. The van der Waals surface area contributed by atoms with Crippen LogP contribution in [-0.2, 0) is 6.54 Å². The van der Waals surface area contributed by atoms with Gasteiger partial charge in [0.25, 0.3) is 0 Å². The van der Waals surface area contributed by atoms with E-state index in [1.54, 1.807) is 12.7 Å². The second kappa shape index (κ2) is 8.45. The third-order valence-corrected chi connectivity index (χ3v) is 4.75. The molecular weight excluding hydrogens is 316 g/mol. The van der Waals surface area contributed by atoms with Crippen molar-refractivity contribution in [2.45, 2.75) is 39.3 Å². The molecule has 1 aliphatic rings. The summed E-state index contributed by atoms with van der Waals surface area (Å²) < 4.78 is 7.70. The first-order chi connectivity index (χ1) is 12.1. The van der Waals surface area contributed by atoms with Crippen LogP contribution in [0.4, 0.5) is 0 Å². The summed E-state index contributed by atoms with van der Waals surface area (Å²) in [5.41, 5.74) is 2.33. The molecule has 1 saturated heterocycles. The van der Waals surface area contributed by atoms with Crippen molar-refractivity contribution in [3.63, 3.8) is 0 Å². The molecule has 1 aromatic heterocycles. The van der Waals surface area contributed by atoms with E-state index in [1.165, 1.54) is 12.0 Å². The van der Waals surface area contributed by atoms with Crippen molar-refractivity contribution >= 4 is 0 Å². The number of benzene rings is 1. The molecule has 2 heterocycles. The molecule has 0 amide bonds. The van der Waals surface area contributed by atoms with Gasteiger partial charge in [-0.1, -0.05) is 17.7 Å². The van der Waals surface area contributed by atoms with Gasteiger partial charge in [-0.3, -0.25) is 4.68 Å². The number of aliphatic hydroxyl groups is 1. The minimum Gasteiger partial charge on any atom is -0.491 e. The fourth-order valence-corrected chi connectivity index (χ4v) is 3.56. The Morgan fingerprint density at radius 2 is 2.24 bits per heavy atom. The van der Waals surface area contributed by atoms with E-state index in [0.717, 1.165) is 37.4 Å². The Bertz CT molecular complexity index is 659. The van der Waals surface area contributed by atoms with Gasteiger partial charge in [0.05, 0.1) is 0 Å². The normalized spacial score (nSPS) is 19.7. The highest BCUT2D eigenvalue weighted by atomic mass is 16.5. The Kier molecular flexibility index (Phi) is 6.04. The molecule has 0 spiro atoms. The maximum atomic E-state index is 10.4. The van der Waals surface area contributed by atoms with E-state index in [0.29, 0.717) is 19.1 Å². The molecule has 6 nitrogen and oxygen atoms in total. The summed E-state index contributed by atoms with van der Waals surface area (Å²) in [5.74, 6) is 1.41. The Balaban J connectivity index is 1.44. The molecule has 6 heteroatoms. The minimum atomic E-state index is -0.481. The second-order valence-corrected chi connectivity index (χ2v) is 7.12. The van der Waals surface area contributed by atoms with E-state index in [2.05, 4.69) is 28.0 Å². The van der Waals surface area contributed by atoms with Gasteiger partial charge in [-0.05, 0) is 50.8 Å². The fraction of sp³-hybridized carbons (Fsp3) is 0.579. The van der Waals surface area contributed by atoms with Crippen molar-refractivity contribution in [1.29, 1.82) is 0 Å². The number of rotatable bonds is 7. The lowest BCUT2D eigenvalue weighted by Gasteiger charge is -2.33. The van der Waals surface area contributed by atoms with Crippen LogP contribution in [-0.4, -0.2) is 57.1 Å². The zero-order valence-corrected chi connectivity index (χ0v) is 15.1. The van der Waals surface area contributed by atoms with Crippen molar-refractivity contribution < 1.29 is 9.84 Å². The summed E-state index contributed by atoms with van der Waals surface area (Å²) in [4.78, 5) is 6.34. The number of aromatic nitrogens is 3. The number of hydrogen-bond acceptors (Lipinski definition) is 5. The van der Waals surface area contributed by atoms with Crippen LogP contribution >= 0.6 is 0 Å². The summed E-state index contributed by atoms with van der Waals surface area (Å²) in [6, 6.07) is 6.11. The van der Waals surface area contributed by atoms with Gasteiger partial charge >= 0.3 is 0 Å². The Hall–Kier alpha value is -1.92. The molecule has 3 rings (SSSR count). The topological polar surface area (TPSA) is 63.4 Å². The van der Waals surface area contributed by atoms with Crippen molar-refractivity contribution in [3.05, 3.63) is 42.0 Å². The molecule has 2 atom stereocenters. The summed E-state index contributed by atoms with van der Waals surface area (Å²) in [6.07, 6.45) is 5.22. The minimum absolute atomic E-state index is 0.328. The van der Waals surface area contributed by atoms with Crippen LogP contribution in [0.25, 0.3) is 0 Å². The molecule has 25 heavy (non-hydrogen) atoms. The van der Waals surface area contributed by atoms with Gasteiger partial charge in [0, 0.05) is 19.6 Å². The van der Waals surface area contributed by atoms with Crippen molar-refractivity contribution in [1.82, 2.24) is 19.7 Å². The molecule has 1 N–H and O–H groups in total. The first-order valence-corrected chi connectivity index (χ1v) is 9.03. The van der Waals surface area contributed by atoms with Crippen LogP contribution in [0, 0.1) is 19.8 Å². The smallest absolute Gasteiger partial charge is 0.137 e. The predicted molar refractivity (Wildman–Crippen MR) is 96.6 cm³/mol. The van der Waals surface area contributed by atoms with Gasteiger partial charge in [-0.15, -0.1) is 0 Å². The molecule has 0 bridgehead atoms. The lowest BCUT2D eigenvalue weighted by Crippen LogP contribution is -2.42. The van der Waals surface area contributed by atoms with E-state index < -0.39 is 6.10 Å². The summed E-state index contributed by atoms with van der Waals surface area (Å²) in [7, 11) is 0. The highest BCUT2D eigenvalue weighted by Crippen LogP contribution is 2.20. The number of aryl methyl sites for hydroxylation is 2. The second-order valence-electron chi connectivity index (χ2n) is 7.12. The van der Waals surface area contributed by atoms with Crippen molar-refractivity contribution in [2.75, 3.05) is 26.2 Å². The number of β-amino-alcohol motifs (C(OH)–C–C–N with tert-alkyl or cyclic N) is 1. The molecule has 1 fully saturated rings. The van der Waals surface area contributed by atoms with Crippen LogP contribution < -0.4 is 4.74 Å². The van der Waals surface area contributed by atoms with Crippen LogP contribution in [0.15, 0.2) is 30.9 Å². The van der Waals surface area contributed by atoms with Crippen LogP contribution in [0.1, 0.15) is 24.0 Å². The van der Waals surface area contributed by atoms with Gasteiger partial charge in [-0.25, -0.2) is 4.98 Å². The zero-order chi connectivity index (χ0) is 17.6. The Labute approximate surface area is 149 Å². The highest BCUT2D eigenvalue weighted by Gasteiger charge is 2.22. The van der Waals surface area contributed by atoms with E-state index in [-0.39, 0.29) is 0 Å². The fourth-order valence-electron chi connectivity index (χ4n) is 3.56. The van der Waals surface area contributed by atoms with E-state index in [1.807, 2.05) is 23.7 Å². The van der Waals surface area contributed by atoms with Crippen molar-refractivity contribution in [2.24, 2.45) is 5.92 Å². The molecule has 0 radical (unpaired) electrons. The number of hydrogen-bond donors (Lipinski definition) is 1. The number of likely N-dealkylation sites (tertiary alicyclic amines) is 1. The third-order valence-electron chi connectivity index (χ3n) is 4.75. The number of ether oxygens (including phenoxy) is 1. The molecule has 2 unspecified atom stereocenters. The molecule has 0 saturated carbocycles. The van der Waals surface area contributed by atoms with Gasteiger partial charge in [0.2, 0.25) is 0 Å². The van der Waals surface area contributed by atoms with Crippen LogP contribution in [0.2, 0.25) is 0 Å². The third kappa shape index (κ3) is 5.28. The van der Waals surface area contributed by atoms with Gasteiger partial charge < -0.3 is 14.7 Å². The summed E-state index contributed by atoms with van der Waals surface area (Å²) in [5, 5.41) is 14.5. The molecule has 1 aliphatic heterocycles. The van der Waals surface area contributed by atoms with E-state index in [9.17, 15) is 5.11 Å². The van der Waals surface area contributed by atoms with E-state index >= 15 is 0 Å². The summed E-state index contributed by atoms with van der Waals surface area (Å²) >= 11 is 0. The highest BCUT2D eigenvalue weighted by molar-refractivity contribution is 5.35. The lowest BCUT2D eigenvalue weighted by molar-refractivity contribution is 0.0493. The maximum absolute atomic E-state index is 10.4. The maximum Gasteiger partial charge on any atom is 0.137 e. The van der Waals surface area contributed by atoms with Crippen LogP contribution in [0.3, 0.4) is 0 Å². The number of piperidine rings is 1. The Morgan fingerprint density at radius 1 is 1.36 bits per heavy atom. The Morgan fingerprint density at radius 3 is 3.00 bits per heavy atom. The SMILES string of the molecule is Cc1ccc(OCC(O)CN2CCCC(Cn3cncn3)C2)c(C)c1. The standard InChI is InChI=1S/C19H28N4O2/c1-15-5-6-19(16(2)8-15)25-12-18(24)11-22-7-3-4-17(9-22)10-23-14-20-13-21-23/h5-6,8,13-14,17-18,24H,3-4,7,9-12H2,1-2H3. The predicted octanol–water partition coefficient (Wildman–Crippen LogP) is 2.05. The molecular formula is C19H28N4O2. The molecule has 2 aromatic rings. The van der Waals surface area contributed by atoms with Gasteiger partial charge in [0.15, 0.2) is 0 Å². The van der Waals surface area contributed by atoms with Crippen LogP contribution in [0.5, 0.6) is 5.75 Å².